The average Bonchev–Trinajstić information content (AvgIpc) is 2.59. The molecule has 0 aliphatic heterocycles. The molecule has 2 rings (SSSR count). The van der Waals surface area contributed by atoms with Crippen LogP contribution in [0.3, 0.4) is 0 Å². The number of nitrogens with zero attached hydrogens (tertiary/aromatic N) is 2. The molecule has 17 heavy (non-hydrogen) atoms. The fourth-order valence-electron chi connectivity index (χ4n) is 2.59. The summed E-state index contributed by atoms with van der Waals surface area (Å²) >= 11 is 0. The summed E-state index contributed by atoms with van der Waals surface area (Å²) in [7, 11) is 0. The van der Waals surface area contributed by atoms with Crippen molar-refractivity contribution in [2.75, 3.05) is 0 Å². The number of carbonyl (C=O) groups is 1. The Morgan fingerprint density at radius 2 is 2.18 bits per heavy atom. The van der Waals surface area contributed by atoms with Gasteiger partial charge in [-0.1, -0.05) is 19.0 Å². The van der Waals surface area contributed by atoms with E-state index in [9.17, 15) is 4.79 Å². The van der Waals surface area contributed by atoms with Crippen LogP contribution in [-0.4, -0.2) is 21.2 Å². The van der Waals surface area contributed by atoms with Gasteiger partial charge in [0.15, 0.2) is 5.82 Å². The first-order valence-electron chi connectivity index (χ1n) is 5.65. The van der Waals surface area contributed by atoms with Gasteiger partial charge in [-0.05, 0) is 18.3 Å². The predicted octanol–water partition coefficient (Wildman–Crippen LogP) is 1.06. The lowest BCUT2D eigenvalue weighted by Gasteiger charge is -2.48. The summed E-state index contributed by atoms with van der Waals surface area (Å²) in [6.45, 7) is 4.28. The first kappa shape index (κ1) is 12.0. The fourth-order valence-corrected chi connectivity index (χ4v) is 2.59. The summed E-state index contributed by atoms with van der Waals surface area (Å²) in [5.74, 6) is -0.0360. The third kappa shape index (κ3) is 2.46. The summed E-state index contributed by atoms with van der Waals surface area (Å²) in [5, 5.41) is 12.4. The van der Waals surface area contributed by atoms with Crippen LogP contribution < -0.4 is 5.73 Å². The molecule has 3 N–H and O–H groups in total. The lowest BCUT2D eigenvalue weighted by atomic mass is 9.59. The molecule has 6 heteroatoms. The Morgan fingerprint density at radius 1 is 1.53 bits per heavy atom. The standard InChI is InChI=1S/C11H17N3O3/c1-10(2)5-11(12,6-10)9-13-7(17-14-9)3-4-8(15)16/h3-6,12H2,1-2H3,(H,15,16). The maximum atomic E-state index is 10.4. The fraction of sp³-hybridized carbons (Fsp3) is 0.727. The highest BCUT2D eigenvalue weighted by molar-refractivity contribution is 5.66. The Hall–Kier alpha value is -1.43. The minimum atomic E-state index is -0.878. The monoisotopic (exact) mass is 239 g/mol. The summed E-state index contributed by atoms with van der Waals surface area (Å²) in [4.78, 5) is 14.6. The molecule has 0 saturated heterocycles. The molecular weight excluding hydrogens is 222 g/mol. The number of hydrogen-bond donors (Lipinski definition) is 2. The largest absolute Gasteiger partial charge is 0.481 e. The number of aromatic nitrogens is 2. The van der Waals surface area contributed by atoms with Crippen molar-refractivity contribution >= 4 is 5.97 Å². The van der Waals surface area contributed by atoms with Crippen LogP contribution in [0.15, 0.2) is 4.52 Å². The predicted molar refractivity (Wildman–Crippen MR) is 59.1 cm³/mol. The summed E-state index contributed by atoms with van der Waals surface area (Å²) in [6, 6.07) is 0. The quantitative estimate of drug-likeness (QED) is 0.814. The van der Waals surface area contributed by atoms with E-state index in [0.717, 1.165) is 12.8 Å². The molecule has 1 aromatic heterocycles. The molecule has 0 aromatic carbocycles. The first-order chi connectivity index (χ1) is 7.81. The van der Waals surface area contributed by atoms with E-state index in [4.69, 9.17) is 15.4 Å². The van der Waals surface area contributed by atoms with Crippen LogP contribution in [0, 0.1) is 5.41 Å². The van der Waals surface area contributed by atoms with Gasteiger partial charge in [-0.2, -0.15) is 4.98 Å². The molecule has 94 valence electrons. The molecule has 1 aliphatic carbocycles. The van der Waals surface area contributed by atoms with Crippen LogP contribution in [0.2, 0.25) is 0 Å². The molecule has 1 aromatic rings. The van der Waals surface area contributed by atoms with Crippen molar-refractivity contribution in [1.82, 2.24) is 10.1 Å². The minimum absolute atomic E-state index is 0.00923. The molecule has 0 bridgehead atoms. The van der Waals surface area contributed by atoms with Crippen molar-refractivity contribution in [3.8, 4) is 0 Å². The number of carboxylic acid groups (broad SMARTS) is 1. The molecule has 0 spiro atoms. The highest BCUT2D eigenvalue weighted by atomic mass is 16.5. The zero-order chi connectivity index (χ0) is 12.7. The molecule has 6 nitrogen and oxygen atoms in total. The smallest absolute Gasteiger partial charge is 0.303 e. The van der Waals surface area contributed by atoms with Crippen LogP contribution in [0.1, 0.15) is 44.8 Å². The Morgan fingerprint density at radius 3 is 2.71 bits per heavy atom. The molecule has 0 radical (unpaired) electrons. The highest BCUT2D eigenvalue weighted by Crippen LogP contribution is 2.50. The van der Waals surface area contributed by atoms with Gasteiger partial charge >= 0.3 is 5.97 Å². The number of carboxylic acids is 1. The van der Waals surface area contributed by atoms with E-state index in [-0.39, 0.29) is 18.3 Å². The van der Waals surface area contributed by atoms with Crippen molar-refractivity contribution in [2.24, 2.45) is 11.1 Å². The molecule has 0 unspecified atom stereocenters. The number of aliphatic carboxylic acids is 1. The van der Waals surface area contributed by atoms with Crippen molar-refractivity contribution in [2.45, 2.75) is 45.1 Å². The van der Waals surface area contributed by atoms with Crippen molar-refractivity contribution in [1.29, 1.82) is 0 Å². The lowest BCUT2D eigenvalue weighted by molar-refractivity contribution is -0.137. The second-order valence-electron chi connectivity index (χ2n) is 5.58. The van der Waals surface area contributed by atoms with Gasteiger partial charge < -0.3 is 15.4 Å². The molecular formula is C11H17N3O3. The molecule has 0 atom stereocenters. The van der Waals surface area contributed by atoms with Gasteiger partial charge in [0, 0.05) is 6.42 Å². The zero-order valence-corrected chi connectivity index (χ0v) is 10.1. The van der Waals surface area contributed by atoms with Crippen molar-refractivity contribution < 1.29 is 14.4 Å². The van der Waals surface area contributed by atoms with Crippen molar-refractivity contribution in [3.05, 3.63) is 11.7 Å². The summed E-state index contributed by atoms with van der Waals surface area (Å²) < 4.78 is 5.00. The van der Waals surface area contributed by atoms with Gasteiger partial charge in [0.25, 0.3) is 0 Å². The summed E-state index contributed by atoms with van der Waals surface area (Å²) in [5.41, 5.74) is 5.88. The Kier molecular flexibility index (Phi) is 2.69. The number of nitrogens with two attached hydrogens (primary N) is 1. The van der Waals surface area contributed by atoms with E-state index in [0.29, 0.717) is 11.7 Å². The van der Waals surface area contributed by atoms with Gasteiger partial charge in [-0.15, -0.1) is 0 Å². The third-order valence-corrected chi connectivity index (χ3v) is 3.05. The normalized spacial score (nSPS) is 20.9. The molecule has 1 heterocycles. The van der Waals surface area contributed by atoms with Crippen LogP contribution in [-0.2, 0) is 16.8 Å². The second kappa shape index (κ2) is 3.80. The van der Waals surface area contributed by atoms with E-state index in [1.807, 2.05) is 0 Å². The molecule has 0 amide bonds. The van der Waals surface area contributed by atoms with E-state index in [2.05, 4.69) is 24.0 Å². The van der Waals surface area contributed by atoms with E-state index in [1.165, 1.54) is 0 Å². The molecule has 1 saturated carbocycles. The maximum absolute atomic E-state index is 10.4. The Balaban J connectivity index is 2.02. The third-order valence-electron chi connectivity index (χ3n) is 3.05. The SMILES string of the molecule is CC1(C)CC(N)(c2noc(CCC(=O)O)n2)C1. The van der Waals surface area contributed by atoms with E-state index >= 15 is 0 Å². The van der Waals surface area contributed by atoms with Crippen LogP contribution in [0.5, 0.6) is 0 Å². The average molecular weight is 239 g/mol. The van der Waals surface area contributed by atoms with Gasteiger partial charge in [-0.3, -0.25) is 4.79 Å². The number of rotatable bonds is 4. The first-order valence-corrected chi connectivity index (χ1v) is 5.65. The highest BCUT2D eigenvalue weighted by Gasteiger charge is 2.50. The van der Waals surface area contributed by atoms with Gasteiger partial charge in [0.05, 0.1) is 12.0 Å². The van der Waals surface area contributed by atoms with Crippen molar-refractivity contribution in [3.63, 3.8) is 0 Å². The van der Waals surface area contributed by atoms with Gasteiger partial charge in [-0.25, -0.2) is 0 Å². The molecule has 1 aliphatic rings. The van der Waals surface area contributed by atoms with Crippen LogP contribution >= 0.6 is 0 Å². The van der Waals surface area contributed by atoms with Gasteiger partial charge in [0.2, 0.25) is 5.89 Å². The lowest BCUT2D eigenvalue weighted by Crippen LogP contribution is -2.53. The number of aryl methyl sites for hydroxylation is 1. The zero-order valence-electron chi connectivity index (χ0n) is 10.1. The Bertz CT molecular complexity index is 431. The minimum Gasteiger partial charge on any atom is -0.481 e. The maximum Gasteiger partial charge on any atom is 0.303 e. The van der Waals surface area contributed by atoms with E-state index < -0.39 is 11.5 Å². The Labute approximate surface area is 99.2 Å². The second-order valence-corrected chi connectivity index (χ2v) is 5.58. The van der Waals surface area contributed by atoms with Crippen LogP contribution in [0.4, 0.5) is 0 Å². The van der Waals surface area contributed by atoms with E-state index in [1.54, 1.807) is 0 Å². The van der Waals surface area contributed by atoms with Crippen LogP contribution in [0.25, 0.3) is 0 Å². The van der Waals surface area contributed by atoms with Gasteiger partial charge in [0.1, 0.15) is 0 Å². The molecule has 1 fully saturated rings. The topological polar surface area (TPSA) is 102 Å². The summed E-state index contributed by atoms with van der Waals surface area (Å²) in [6.07, 6.45) is 1.88. The number of hydrogen-bond acceptors (Lipinski definition) is 5.